The summed E-state index contributed by atoms with van der Waals surface area (Å²) < 4.78 is 40.4. The lowest BCUT2D eigenvalue weighted by Gasteiger charge is -2.45. The van der Waals surface area contributed by atoms with Crippen LogP contribution in [0.4, 0.5) is 24.8 Å². The van der Waals surface area contributed by atoms with E-state index in [9.17, 15) is 13.2 Å². The number of aromatic nitrogens is 6. The molecule has 29 heavy (non-hydrogen) atoms. The van der Waals surface area contributed by atoms with Crippen molar-refractivity contribution in [3.8, 4) is 0 Å². The Hall–Kier alpha value is -2.98. The van der Waals surface area contributed by atoms with E-state index in [1.54, 1.807) is 16.5 Å². The van der Waals surface area contributed by atoms with Crippen LogP contribution in [-0.4, -0.2) is 56.0 Å². The highest BCUT2D eigenvalue weighted by Crippen LogP contribution is 2.30. The second-order valence-electron chi connectivity index (χ2n) is 8.16. The average Bonchev–Trinajstić information content (AvgIpc) is 3.03. The van der Waals surface area contributed by atoms with Crippen LogP contribution in [0.3, 0.4) is 0 Å². The van der Waals surface area contributed by atoms with Gasteiger partial charge in [-0.25, -0.2) is 9.97 Å². The zero-order valence-electron chi connectivity index (χ0n) is 16.5. The molecule has 0 saturated carbocycles. The number of anilines is 2. The van der Waals surface area contributed by atoms with Crippen LogP contribution >= 0.6 is 0 Å². The summed E-state index contributed by atoms with van der Waals surface area (Å²) in [6.45, 7) is 7.37. The van der Waals surface area contributed by atoms with Gasteiger partial charge in [0.1, 0.15) is 23.7 Å². The molecule has 3 aromatic heterocycles. The normalized spacial score (nSPS) is 15.6. The van der Waals surface area contributed by atoms with Crippen molar-refractivity contribution in [2.24, 2.45) is 0 Å². The van der Waals surface area contributed by atoms with Crippen molar-refractivity contribution in [1.82, 2.24) is 29.8 Å². The van der Waals surface area contributed by atoms with Gasteiger partial charge in [-0.3, -0.25) is 0 Å². The Bertz CT molecular complexity index is 1030. The number of likely N-dealkylation sites (N-methyl/N-ethyl adjacent to an activating group) is 1. The molecule has 4 heterocycles. The van der Waals surface area contributed by atoms with Crippen molar-refractivity contribution >= 4 is 17.3 Å². The van der Waals surface area contributed by atoms with Crippen molar-refractivity contribution in [2.75, 3.05) is 29.9 Å². The molecule has 0 aliphatic carbocycles. The number of fused-ring (bicyclic) bond motifs is 1. The molecule has 0 unspecified atom stereocenters. The fourth-order valence-corrected chi connectivity index (χ4v) is 3.18. The van der Waals surface area contributed by atoms with E-state index in [1.165, 1.54) is 0 Å². The van der Waals surface area contributed by atoms with Gasteiger partial charge in [-0.15, -0.1) is 15.3 Å². The highest BCUT2D eigenvalue weighted by atomic mass is 19.4. The lowest BCUT2D eigenvalue weighted by molar-refractivity contribution is -0.141. The summed E-state index contributed by atoms with van der Waals surface area (Å²) in [7, 11) is 1.73. The van der Waals surface area contributed by atoms with Crippen molar-refractivity contribution in [3.05, 3.63) is 36.0 Å². The number of halogens is 3. The van der Waals surface area contributed by atoms with Crippen LogP contribution in [0.1, 0.15) is 32.3 Å². The smallest absolute Gasteiger partial charge is 0.353 e. The van der Waals surface area contributed by atoms with Crippen LogP contribution in [0.15, 0.2) is 24.5 Å². The SMILES string of the molecule is CN(c1cc(C(F)(F)F)ncn1)C1CN(c2ccc3nnc(C(C)(C)C)n3n2)C1. The molecule has 0 aromatic carbocycles. The van der Waals surface area contributed by atoms with Crippen LogP contribution in [0.5, 0.6) is 0 Å². The van der Waals surface area contributed by atoms with Gasteiger partial charge in [0.2, 0.25) is 0 Å². The van der Waals surface area contributed by atoms with E-state index in [1.807, 2.05) is 32.9 Å². The second-order valence-corrected chi connectivity index (χ2v) is 8.16. The van der Waals surface area contributed by atoms with Crippen LogP contribution in [0.25, 0.3) is 5.65 Å². The Morgan fingerprint density at radius 1 is 1.07 bits per heavy atom. The Labute approximate surface area is 165 Å². The van der Waals surface area contributed by atoms with E-state index in [4.69, 9.17) is 0 Å². The Morgan fingerprint density at radius 3 is 2.45 bits per heavy atom. The number of alkyl halides is 3. The molecule has 1 saturated heterocycles. The van der Waals surface area contributed by atoms with Crippen LogP contribution in [0, 0.1) is 0 Å². The summed E-state index contributed by atoms with van der Waals surface area (Å²) in [6, 6.07) is 4.73. The molecule has 1 aliphatic heterocycles. The third kappa shape index (κ3) is 3.56. The average molecular weight is 406 g/mol. The first-order valence-corrected chi connectivity index (χ1v) is 9.14. The van der Waals surface area contributed by atoms with Crippen molar-refractivity contribution in [1.29, 1.82) is 0 Å². The van der Waals surface area contributed by atoms with Gasteiger partial charge in [-0.1, -0.05) is 20.8 Å². The summed E-state index contributed by atoms with van der Waals surface area (Å²) in [5, 5.41) is 13.1. The predicted molar refractivity (Wildman–Crippen MR) is 101 cm³/mol. The van der Waals surface area contributed by atoms with Gasteiger partial charge in [0.15, 0.2) is 11.5 Å². The highest BCUT2D eigenvalue weighted by Gasteiger charge is 2.36. The zero-order chi connectivity index (χ0) is 21.0. The van der Waals surface area contributed by atoms with Gasteiger partial charge >= 0.3 is 6.18 Å². The first-order valence-electron chi connectivity index (χ1n) is 9.14. The van der Waals surface area contributed by atoms with Crippen LogP contribution in [0.2, 0.25) is 0 Å². The number of hydrogen-bond donors (Lipinski definition) is 0. The predicted octanol–water partition coefficient (Wildman–Crippen LogP) is 2.56. The first kappa shape index (κ1) is 19.3. The molecule has 1 aliphatic rings. The summed E-state index contributed by atoms with van der Waals surface area (Å²) in [5.41, 5.74) is -0.472. The maximum absolute atomic E-state index is 12.9. The van der Waals surface area contributed by atoms with E-state index in [-0.39, 0.29) is 17.3 Å². The van der Waals surface area contributed by atoms with E-state index in [0.717, 1.165) is 24.0 Å². The molecule has 0 bridgehead atoms. The molecular weight excluding hydrogens is 385 g/mol. The molecule has 0 amide bonds. The summed E-state index contributed by atoms with van der Waals surface area (Å²) in [5.74, 6) is 1.78. The molecule has 0 radical (unpaired) electrons. The molecule has 3 aromatic rings. The molecular formula is C18H21F3N8. The van der Waals surface area contributed by atoms with E-state index < -0.39 is 11.9 Å². The third-order valence-corrected chi connectivity index (χ3v) is 4.96. The third-order valence-electron chi connectivity index (χ3n) is 4.96. The van der Waals surface area contributed by atoms with Gasteiger partial charge < -0.3 is 9.80 Å². The molecule has 0 spiro atoms. The van der Waals surface area contributed by atoms with Gasteiger partial charge in [-0.2, -0.15) is 17.7 Å². The number of hydrogen-bond acceptors (Lipinski definition) is 7. The van der Waals surface area contributed by atoms with Crippen molar-refractivity contribution in [2.45, 2.75) is 38.4 Å². The van der Waals surface area contributed by atoms with Crippen LogP contribution in [-0.2, 0) is 11.6 Å². The van der Waals surface area contributed by atoms with Gasteiger partial charge in [-0.05, 0) is 12.1 Å². The monoisotopic (exact) mass is 406 g/mol. The summed E-state index contributed by atoms with van der Waals surface area (Å²) in [4.78, 5) is 11.1. The molecule has 1 fully saturated rings. The molecule has 0 N–H and O–H groups in total. The van der Waals surface area contributed by atoms with Gasteiger partial charge in [0.25, 0.3) is 0 Å². The zero-order valence-corrected chi connectivity index (χ0v) is 16.5. The fourth-order valence-electron chi connectivity index (χ4n) is 3.18. The summed E-state index contributed by atoms with van der Waals surface area (Å²) >= 11 is 0. The van der Waals surface area contributed by atoms with Gasteiger partial charge in [0, 0.05) is 31.6 Å². The highest BCUT2D eigenvalue weighted by molar-refractivity contribution is 5.51. The molecule has 0 atom stereocenters. The summed E-state index contributed by atoms with van der Waals surface area (Å²) in [6.07, 6.45) is -3.55. The largest absolute Gasteiger partial charge is 0.433 e. The Morgan fingerprint density at radius 2 is 1.79 bits per heavy atom. The fraction of sp³-hybridized carbons (Fsp3) is 0.500. The van der Waals surface area contributed by atoms with E-state index >= 15 is 0 Å². The maximum atomic E-state index is 12.9. The standard InChI is InChI=1S/C18H21F3N8/c1-17(2,3)16-25-24-13-5-6-14(26-29(13)16)28-8-11(9-28)27(4)15-7-12(18(19,20)21)22-10-23-15/h5-7,10-11H,8-9H2,1-4H3. The van der Waals surface area contributed by atoms with E-state index in [0.29, 0.717) is 18.7 Å². The van der Waals surface area contributed by atoms with Crippen molar-refractivity contribution in [3.63, 3.8) is 0 Å². The molecule has 154 valence electrons. The Kier molecular flexibility index (Phi) is 4.35. The number of rotatable bonds is 3. The van der Waals surface area contributed by atoms with Crippen LogP contribution < -0.4 is 9.80 Å². The topological polar surface area (TPSA) is 75.3 Å². The minimum Gasteiger partial charge on any atom is -0.353 e. The van der Waals surface area contributed by atoms with E-state index in [2.05, 4.69) is 30.2 Å². The lowest BCUT2D eigenvalue weighted by atomic mass is 9.96. The lowest BCUT2D eigenvalue weighted by Crippen LogP contribution is -2.59. The quantitative estimate of drug-likeness (QED) is 0.662. The van der Waals surface area contributed by atoms with Gasteiger partial charge in [0.05, 0.1) is 6.04 Å². The molecule has 4 rings (SSSR count). The van der Waals surface area contributed by atoms with Crippen molar-refractivity contribution < 1.29 is 13.2 Å². The molecule has 11 heteroatoms. The Balaban J connectivity index is 1.50. The second kappa shape index (κ2) is 6.53. The first-order chi connectivity index (χ1) is 13.5. The maximum Gasteiger partial charge on any atom is 0.433 e. The molecule has 8 nitrogen and oxygen atoms in total. The number of nitrogens with zero attached hydrogens (tertiary/aromatic N) is 8. The minimum absolute atomic E-state index is 0.0199. The minimum atomic E-state index is -4.49.